The molecule has 0 radical (unpaired) electrons. The maximum atomic E-state index is 4.70. The van der Waals surface area contributed by atoms with Gasteiger partial charge in [-0.05, 0) is 24.4 Å². The van der Waals surface area contributed by atoms with Crippen LogP contribution in [0.3, 0.4) is 0 Å². The van der Waals surface area contributed by atoms with Crippen molar-refractivity contribution in [3.05, 3.63) is 24.5 Å². The monoisotopic (exact) mass is 169 g/mol. The summed E-state index contributed by atoms with van der Waals surface area (Å²) >= 11 is 4.70. The van der Waals surface area contributed by atoms with Crippen LogP contribution in [-0.4, -0.2) is 23.2 Å². The van der Waals surface area contributed by atoms with Gasteiger partial charge in [0.2, 0.25) is 0 Å². The molecule has 1 saturated heterocycles. The molecule has 1 aromatic heterocycles. The van der Waals surface area contributed by atoms with E-state index in [1.54, 1.807) is 0 Å². The molecule has 0 saturated carbocycles. The summed E-state index contributed by atoms with van der Waals surface area (Å²) in [6.45, 7) is 1.97. The average molecular weight is 169 g/mol. The Morgan fingerprint density at radius 1 is 1.09 bits per heavy atom. The zero-order valence-electron chi connectivity index (χ0n) is 6.13. The number of hydrogen-bond acceptors (Lipinski definition) is 1. The highest BCUT2D eigenvalue weighted by atomic mass is 32.1. The van der Waals surface area contributed by atoms with Gasteiger partial charge in [-0.15, -0.1) is 0 Å². The zero-order chi connectivity index (χ0) is 7.94. The van der Waals surface area contributed by atoms with E-state index in [1.165, 1.54) is 0 Å². The number of rotatable bonds is 0. The Morgan fingerprint density at radius 3 is 1.82 bits per heavy atom. The van der Waals surface area contributed by atoms with Crippen LogP contribution in [0.1, 0.15) is 0 Å². The van der Waals surface area contributed by atoms with Crippen LogP contribution < -0.4 is 10.6 Å². The molecule has 3 nitrogen and oxygen atoms in total. The SMILES string of the molecule is S=C1NCCN1.c1cc[nH]c1. The van der Waals surface area contributed by atoms with Crippen LogP contribution in [0, 0.1) is 0 Å². The first-order chi connectivity index (χ1) is 5.39. The molecule has 0 amide bonds. The van der Waals surface area contributed by atoms with Crippen molar-refractivity contribution in [2.45, 2.75) is 0 Å². The van der Waals surface area contributed by atoms with Gasteiger partial charge < -0.3 is 15.6 Å². The third-order valence-electron chi connectivity index (χ3n) is 1.19. The molecule has 0 atom stereocenters. The molecule has 1 fully saturated rings. The Bertz CT molecular complexity index is 170. The van der Waals surface area contributed by atoms with Crippen LogP contribution >= 0.6 is 12.2 Å². The molecule has 1 aliphatic rings. The molecule has 0 aromatic carbocycles. The predicted octanol–water partition coefficient (Wildman–Crippen LogP) is 0.479. The fraction of sp³-hybridized carbons (Fsp3) is 0.286. The minimum absolute atomic E-state index is 0.787. The first-order valence-corrected chi connectivity index (χ1v) is 3.90. The summed E-state index contributed by atoms with van der Waals surface area (Å²) in [5, 5.41) is 6.67. The molecule has 2 rings (SSSR count). The van der Waals surface area contributed by atoms with Crippen LogP contribution in [0.2, 0.25) is 0 Å². The molecule has 1 aromatic rings. The van der Waals surface area contributed by atoms with Gasteiger partial charge in [-0.2, -0.15) is 0 Å². The fourth-order valence-corrected chi connectivity index (χ4v) is 0.896. The molecule has 1 aliphatic heterocycles. The van der Waals surface area contributed by atoms with Crippen molar-refractivity contribution in [2.24, 2.45) is 0 Å². The average Bonchev–Trinajstić information content (AvgIpc) is 2.57. The van der Waals surface area contributed by atoms with Gasteiger partial charge >= 0.3 is 0 Å². The molecule has 11 heavy (non-hydrogen) atoms. The van der Waals surface area contributed by atoms with Crippen molar-refractivity contribution >= 4 is 17.3 Å². The number of aromatic nitrogens is 1. The van der Waals surface area contributed by atoms with Crippen LogP contribution in [0.4, 0.5) is 0 Å². The largest absolute Gasteiger partial charge is 0.368 e. The van der Waals surface area contributed by atoms with E-state index in [1.807, 2.05) is 24.5 Å². The second-order valence-electron chi connectivity index (χ2n) is 2.07. The Hall–Kier alpha value is -1.03. The highest BCUT2D eigenvalue weighted by molar-refractivity contribution is 7.80. The molecular formula is C7H11N3S. The highest BCUT2D eigenvalue weighted by Crippen LogP contribution is 1.72. The van der Waals surface area contributed by atoms with E-state index >= 15 is 0 Å². The third kappa shape index (κ3) is 3.62. The molecule has 4 heteroatoms. The normalized spacial score (nSPS) is 14.4. The summed E-state index contributed by atoms with van der Waals surface area (Å²) < 4.78 is 0. The minimum Gasteiger partial charge on any atom is -0.368 e. The minimum atomic E-state index is 0.787. The fourth-order valence-electron chi connectivity index (χ4n) is 0.692. The summed E-state index contributed by atoms with van der Waals surface area (Å²) in [7, 11) is 0. The van der Waals surface area contributed by atoms with Gasteiger partial charge in [0.15, 0.2) is 5.11 Å². The Kier molecular flexibility index (Phi) is 3.47. The number of H-pyrrole nitrogens is 1. The third-order valence-corrected chi connectivity index (χ3v) is 1.48. The zero-order valence-corrected chi connectivity index (χ0v) is 6.95. The van der Waals surface area contributed by atoms with Gasteiger partial charge in [-0.1, -0.05) is 0 Å². The maximum Gasteiger partial charge on any atom is 0.166 e. The summed E-state index contributed by atoms with van der Waals surface area (Å²) in [6.07, 6.45) is 3.75. The van der Waals surface area contributed by atoms with E-state index in [-0.39, 0.29) is 0 Å². The molecule has 0 aliphatic carbocycles. The Morgan fingerprint density at radius 2 is 1.64 bits per heavy atom. The number of thiocarbonyl (C=S) groups is 1. The lowest BCUT2D eigenvalue weighted by Gasteiger charge is -1.85. The van der Waals surface area contributed by atoms with Crippen molar-refractivity contribution in [1.29, 1.82) is 0 Å². The van der Waals surface area contributed by atoms with E-state index < -0.39 is 0 Å². The van der Waals surface area contributed by atoms with Crippen molar-refractivity contribution in [2.75, 3.05) is 13.1 Å². The Labute approximate surface area is 71.2 Å². The van der Waals surface area contributed by atoms with Gasteiger partial charge in [0.25, 0.3) is 0 Å². The van der Waals surface area contributed by atoms with Gasteiger partial charge in [0, 0.05) is 25.5 Å². The van der Waals surface area contributed by atoms with Crippen molar-refractivity contribution in [3.63, 3.8) is 0 Å². The molecule has 60 valence electrons. The smallest absolute Gasteiger partial charge is 0.166 e. The van der Waals surface area contributed by atoms with E-state index in [9.17, 15) is 0 Å². The lowest BCUT2D eigenvalue weighted by atomic mass is 10.7. The first-order valence-electron chi connectivity index (χ1n) is 3.49. The lowest BCUT2D eigenvalue weighted by Crippen LogP contribution is -2.19. The van der Waals surface area contributed by atoms with Crippen LogP contribution in [0.5, 0.6) is 0 Å². The van der Waals surface area contributed by atoms with E-state index in [2.05, 4.69) is 15.6 Å². The van der Waals surface area contributed by atoms with Gasteiger partial charge in [-0.3, -0.25) is 0 Å². The summed E-state index contributed by atoms with van der Waals surface area (Å²) in [4.78, 5) is 2.86. The maximum absolute atomic E-state index is 4.70. The quantitative estimate of drug-likeness (QED) is 0.495. The highest BCUT2D eigenvalue weighted by Gasteiger charge is 1.98. The standard InChI is InChI=1S/C4H5N.C3H6N2S/c1-2-4-5-3-1;6-3-4-1-2-5-3/h1-5H;1-2H2,(H2,4,5,6). The number of nitrogens with one attached hydrogen (secondary N) is 3. The summed E-state index contributed by atoms with van der Waals surface area (Å²) in [5.74, 6) is 0. The lowest BCUT2D eigenvalue weighted by molar-refractivity contribution is 0.942. The first kappa shape index (κ1) is 8.07. The van der Waals surface area contributed by atoms with E-state index in [0.29, 0.717) is 0 Å². The molecule has 0 bridgehead atoms. The molecule has 3 N–H and O–H groups in total. The molecular weight excluding hydrogens is 158 g/mol. The molecule has 2 heterocycles. The number of aromatic amines is 1. The van der Waals surface area contributed by atoms with Gasteiger partial charge in [0.1, 0.15) is 0 Å². The van der Waals surface area contributed by atoms with Crippen LogP contribution in [0.15, 0.2) is 24.5 Å². The second-order valence-corrected chi connectivity index (χ2v) is 2.48. The van der Waals surface area contributed by atoms with E-state index in [0.717, 1.165) is 18.2 Å². The van der Waals surface area contributed by atoms with Gasteiger partial charge in [-0.25, -0.2) is 0 Å². The predicted molar refractivity (Wildman–Crippen MR) is 49.4 cm³/mol. The second kappa shape index (κ2) is 4.73. The van der Waals surface area contributed by atoms with Crippen LogP contribution in [0.25, 0.3) is 0 Å². The van der Waals surface area contributed by atoms with Crippen molar-refractivity contribution in [1.82, 2.24) is 15.6 Å². The van der Waals surface area contributed by atoms with Crippen molar-refractivity contribution in [3.8, 4) is 0 Å². The molecule has 0 spiro atoms. The summed E-state index contributed by atoms with van der Waals surface area (Å²) in [6, 6.07) is 3.89. The van der Waals surface area contributed by atoms with Crippen molar-refractivity contribution < 1.29 is 0 Å². The topological polar surface area (TPSA) is 39.8 Å². The summed E-state index contributed by atoms with van der Waals surface area (Å²) in [5.41, 5.74) is 0. The molecule has 0 unspecified atom stereocenters. The van der Waals surface area contributed by atoms with E-state index in [4.69, 9.17) is 12.2 Å². The van der Waals surface area contributed by atoms with Gasteiger partial charge in [0.05, 0.1) is 0 Å². The Balaban J connectivity index is 0.000000112. The van der Waals surface area contributed by atoms with Crippen LogP contribution in [-0.2, 0) is 0 Å². The number of hydrogen-bond donors (Lipinski definition) is 3.